The molecule has 5 rings (SSSR count). The van der Waals surface area contributed by atoms with Crippen molar-refractivity contribution in [1.29, 1.82) is 0 Å². The zero-order valence-corrected chi connectivity index (χ0v) is 25.1. The van der Waals surface area contributed by atoms with Gasteiger partial charge in [0.2, 0.25) is 15.9 Å². The number of nitrogens with zero attached hydrogens (tertiary/aromatic N) is 4. The maximum absolute atomic E-state index is 14.0. The van der Waals surface area contributed by atoms with Crippen LogP contribution in [0.5, 0.6) is 0 Å². The Bertz CT molecular complexity index is 1690. The van der Waals surface area contributed by atoms with Crippen molar-refractivity contribution in [2.45, 2.75) is 38.3 Å². The number of halogens is 4. The average molecular weight is 653 g/mol. The molecule has 0 radical (unpaired) electrons. The molecule has 16 heteroatoms. The first-order chi connectivity index (χ1) is 21.2. The molecule has 0 saturated carbocycles. The summed E-state index contributed by atoms with van der Waals surface area (Å²) in [5, 5.41) is 20.7. The number of β-amino-alcohol motifs (C(OH)–C–C–N with tert-alkyl or cyclic N) is 1. The van der Waals surface area contributed by atoms with Gasteiger partial charge >= 0.3 is 6.18 Å². The molecular formula is C29H32F4N6O5S. The number of aliphatic hydroxyl groups excluding tert-OH is 1. The second-order valence-electron chi connectivity index (χ2n) is 11.1. The van der Waals surface area contributed by atoms with Crippen molar-refractivity contribution in [3.8, 4) is 11.3 Å². The lowest BCUT2D eigenvalue weighted by atomic mass is 9.97. The number of aliphatic hydroxyl groups is 1. The quantitative estimate of drug-likeness (QED) is 0.300. The third-order valence-electron chi connectivity index (χ3n) is 7.77. The van der Waals surface area contributed by atoms with Crippen LogP contribution in [0, 0.1) is 5.82 Å². The summed E-state index contributed by atoms with van der Waals surface area (Å²) in [6, 6.07) is 7.94. The lowest BCUT2D eigenvalue weighted by Gasteiger charge is -2.29. The molecule has 1 unspecified atom stereocenters. The number of carbonyl (C=O) groups is 2. The van der Waals surface area contributed by atoms with Gasteiger partial charge in [0.1, 0.15) is 5.82 Å². The number of carbonyl (C=O) groups excluding carboxylic acids is 2. The Morgan fingerprint density at radius 2 is 1.84 bits per heavy atom. The first kappa shape index (κ1) is 32.5. The van der Waals surface area contributed by atoms with Gasteiger partial charge in [0.25, 0.3) is 5.91 Å². The molecule has 0 bridgehead atoms. The Morgan fingerprint density at radius 3 is 2.51 bits per heavy atom. The highest BCUT2D eigenvalue weighted by atomic mass is 32.2. The monoisotopic (exact) mass is 652 g/mol. The van der Waals surface area contributed by atoms with E-state index in [9.17, 15) is 40.7 Å². The summed E-state index contributed by atoms with van der Waals surface area (Å²) in [5.41, 5.74) is 0.502. The van der Waals surface area contributed by atoms with Gasteiger partial charge in [-0.15, -0.1) is 0 Å². The number of sulfonamides is 1. The molecule has 2 aromatic carbocycles. The Balaban J connectivity index is 1.47. The van der Waals surface area contributed by atoms with Crippen molar-refractivity contribution < 1.29 is 40.7 Å². The number of benzene rings is 2. The summed E-state index contributed by atoms with van der Waals surface area (Å²) in [6.07, 6.45) is -4.35. The number of rotatable bonds is 9. The van der Waals surface area contributed by atoms with Crippen LogP contribution in [-0.4, -0.2) is 89.4 Å². The number of hydrogen-bond donors (Lipinski definition) is 3. The maximum Gasteiger partial charge on any atom is 0.416 e. The molecule has 3 N–H and O–H groups in total. The van der Waals surface area contributed by atoms with Gasteiger partial charge in [-0.3, -0.25) is 19.2 Å². The minimum atomic E-state index is -4.74. The number of fused-ring (bicyclic) bond motifs is 1. The predicted molar refractivity (Wildman–Crippen MR) is 155 cm³/mol. The average Bonchev–Trinajstić information content (AvgIpc) is 3.32. The van der Waals surface area contributed by atoms with Crippen molar-refractivity contribution >= 4 is 21.8 Å². The molecule has 0 aliphatic carbocycles. The zero-order valence-electron chi connectivity index (χ0n) is 24.3. The van der Waals surface area contributed by atoms with Gasteiger partial charge in [0, 0.05) is 68.1 Å². The van der Waals surface area contributed by atoms with Gasteiger partial charge in [-0.1, -0.05) is 6.07 Å². The number of alkyl halides is 3. The van der Waals surface area contributed by atoms with E-state index in [1.54, 1.807) is 9.58 Å². The lowest BCUT2D eigenvalue weighted by molar-refractivity contribution is -0.138. The Kier molecular flexibility index (Phi) is 9.30. The van der Waals surface area contributed by atoms with Crippen molar-refractivity contribution in [2.75, 3.05) is 39.0 Å². The largest absolute Gasteiger partial charge is 0.416 e. The molecule has 1 atom stereocenters. The second-order valence-corrected chi connectivity index (χ2v) is 13.1. The molecular weight excluding hydrogens is 620 g/mol. The van der Waals surface area contributed by atoms with E-state index in [4.69, 9.17) is 0 Å². The topological polar surface area (TPSA) is 137 Å². The molecule has 2 amide bonds. The normalized spacial score (nSPS) is 17.1. The molecule has 1 aromatic heterocycles. The highest BCUT2D eigenvalue weighted by Crippen LogP contribution is 2.37. The molecule has 1 fully saturated rings. The van der Waals surface area contributed by atoms with E-state index < -0.39 is 46.1 Å². The molecule has 1 saturated heterocycles. The summed E-state index contributed by atoms with van der Waals surface area (Å²) >= 11 is 0. The fourth-order valence-electron chi connectivity index (χ4n) is 5.58. The summed E-state index contributed by atoms with van der Waals surface area (Å²) in [7, 11) is -3.60. The number of nitrogens with one attached hydrogen (secondary N) is 2. The molecule has 2 aliphatic rings. The van der Waals surface area contributed by atoms with E-state index in [1.165, 1.54) is 28.6 Å². The predicted octanol–water partition coefficient (Wildman–Crippen LogP) is 1.75. The zero-order chi connectivity index (χ0) is 32.5. The van der Waals surface area contributed by atoms with Gasteiger partial charge in [0.05, 0.1) is 36.7 Å². The Morgan fingerprint density at radius 1 is 1.11 bits per heavy atom. The van der Waals surface area contributed by atoms with E-state index in [0.29, 0.717) is 24.3 Å². The van der Waals surface area contributed by atoms with Crippen LogP contribution in [0.25, 0.3) is 11.3 Å². The van der Waals surface area contributed by atoms with Gasteiger partial charge in [-0.05, 0) is 42.0 Å². The van der Waals surface area contributed by atoms with E-state index in [2.05, 4.69) is 15.7 Å². The summed E-state index contributed by atoms with van der Waals surface area (Å²) in [4.78, 5) is 26.1. The Labute approximate surface area is 256 Å². The summed E-state index contributed by atoms with van der Waals surface area (Å²) in [5.74, 6) is -1.42. The number of hydrogen-bond acceptors (Lipinski definition) is 7. The van der Waals surface area contributed by atoms with Crippen molar-refractivity contribution in [3.05, 3.63) is 76.2 Å². The van der Waals surface area contributed by atoms with E-state index >= 15 is 0 Å². The Hall–Kier alpha value is -3.86. The first-order valence-corrected chi connectivity index (χ1v) is 16.0. The molecule has 3 heterocycles. The standard InChI is InChI=1S/C29H32F4N6O5S/c1-45(43,44)38-10-8-25-23(16-38)27(36-39(25)15-22(40)14-37-11-9-34-26(41)17-37)19-4-7-24(29(31,32)33)20(12-19)13-35-28(42)18-2-5-21(30)6-3-18/h2-7,12,22,40H,8-11,13-17H2,1H3,(H,34,41)(H,35,42). The van der Waals surface area contributed by atoms with Crippen LogP contribution in [0.4, 0.5) is 17.6 Å². The van der Waals surface area contributed by atoms with Crippen LogP contribution < -0.4 is 10.6 Å². The van der Waals surface area contributed by atoms with Crippen LogP contribution in [0.3, 0.4) is 0 Å². The lowest BCUT2D eigenvalue weighted by Crippen LogP contribution is -2.50. The minimum Gasteiger partial charge on any atom is -0.390 e. The molecule has 3 aromatic rings. The van der Waals surface area contributed by atoms with E-state index in [-0.39, 0.29) is 67.4 Å². The summed E-state index contributed by atoms with van der Waals surface area (Å²) in [6.45, 7) is 0.936. The van der Waals surface area contributed by atoms with Crippen LogP contribution in [0.1, 0.15) is 32.7 Å². The molecule has 2 aliphatic heterocycles. The van der Waals surface area contributed by atoms with Gasteiger partial charge in [-0.2, -0.15) is 22.6 Å². The fraction of sp³-hybridized carbons (Fsp3) is 0.414. The van der Waals surface area contributed by atoms with Crippen LogP contribution in [0.2, 0.25) is 0 Å². The van der Waals surface area contributed by atoms with Crippen molar-refractivity contribution in [2.24, 2.45) is 0 Å². The number of aromatic nitrogens is 2. The number of amides is 2. The van der Waals surface area contributed by atoms with Gasteiger partial charge in [-0.25, -0.2) is 12.8 Å². The van der Waals surface area contributed by atoms with Crippen molar-refractivity contribution in [1.82, 2.24) is 29.6 Å². The van der Waals surface area contributed by atoms with Crippen LogP contribution in [-0.2, 0) is 47.0 Å². The molecule has 11 nitrogen and oxygen atoms in total. The van der Waals surface area contributed by atoms with E-state index in [0.717, 1.165) is 24.5 Å². The third-order valence-corrected chi connectivity index (χ3v) is 9.02. The van der Waals surface area contributed by atoms with Crippen molar-refractivity contribution in [3.63, 3.8) is 0 Å². The van der Waals surface area contributed by atoms with E-state index in [1.807, 2.05) is 0 Å². The second kappa shape index (κ2) is 12.9. The maximum atomic E-state index is 14.0. The molecule has 242 valence electrons. The highest BCUT2D eigenvalue weighted by Gasteiger charge is 2.35. The van der Waals surface area contributed by atoms with Gasteiger partial charge in [0.15, 0.2) is 0 Å². The third kappa shape index (κ3) is 7.69. The van der Waals surface area contributed by atoms with Crippen LogP contribution in [0.15, 0.2) is 42.5 Å². The highest BCUT2D eigenvalue weighted by molar-refractivity contribution is 7.88. The first-order valence-electron chi connectivity index (χ1n) is 14.1. The molecule has 0 spiro atoms. The SMILES string of the molecule is CS(=O)(=O)N1CCc2c(c(-c3ccc(C(F)(F)F)c(CNC(=O)c4ccc(F)cc4)c3)nn2CC(O)CN2CCNC(=O)C2)C1. The number of piperazine rings is 1. The van der Waals surface area contributed by atoms with Crippen LogP contribution >= 0.6 is 0 Å². The molecule has 45 heavy (non-hydrogen) atoms. The fourth-order valence-corrected chi connectivity index (χ4v) is 6.36. The van der Waals surface area contributed by atoms with Gasteiger partial charge < -0.3 is 15.7 Å². The summed E-state index contributed by atoms with van der Waals surface area (Å²) < 4.78 is 82.8. The minimum absolute atomic E-state index is 0.0144. The smallest absolute Gasteiger partial charge is 0.390 e.